The number of aromatic amines is 1. The number of nitro benzene ring substituents is 1. The molecule has 3 aromatic rings. The molecule has 0 aliphatic carbocycles. The van der Waals surface area contributed by atoms with Crippen molar-refractivity contribution in [3.8, 4) is 0 Å². The zero-order valence-electron chi connectivity index (χ0n) is 17.3. The van der Waals surface area contributed by atoms with Crippen LogP contribution in [0.2, 0.25) is 0 Å². The number of anilines is 1. The van der Waals surface area contributed by atoms with Crippen LogP contribution in [0.15, 0.2) is 42.5 Å². The molecule has 160 valence electrons. The number of nitro groups is 1. The highest BCUT2D eigenvalue weighted by atomic mass is 16.6. The minimum absolute atomic E-state index is 0.113. The standard InChI is InChI=1S/C23H25N5O3/c29-23(27-11-3-4-12-27)18-15-17(7-8-21(18)28(30)31)26-13-9-16(10-14-26)22-24-19-5-1-2-6-20(19)25-22/h1-2,5-8,15-16H,3-4,9-14H2,(H,24,25). The number of carbonyl (C=O) groups is 1. The van der Waals surface area contributed by atoms with Gasteiger partial charge in [-0.2, -0.15) is 0 Å². The molecule has 3 heterocycles. The lowest BCUT2D eigenvalue weighted by molar-refractivity contribution is -0.385. The van der Waals surface area contributed by atoms with Crippen molar-refractivity contribution >= 4 is 28.3 Å². The van der Waals surface area contributed by atoms with E-state index in [1.54, 1.807) is 17.0 Å². The summed E-state index contributed by atoms with van der Waals surface area (Å²) >= 11 is 0. The van der Waals surface area contributed by atoms with Gasteiger partial charge < -0.3 is 14.8 Å². The second-order valence-corrected chi connectivity index (χ2v) is 8.36. The summed E-state index contributed by atoms with van der Waals surface area (Å²) in [5.74, 6) is 1.14. The summed E-state index contributed by atoms with van der Waals surface area (Å²) in [6.07, 6.45) is 3.78. The maximum Gasteiger partial charge on any atom is 0.282 e. The molecule has 0 radical (unpaired) electrons. The maximum absolute atomic E-state index is 12.9. The molecular formula is C23H25N5O3. The fourth-order valence-electron chi connectivity index (χ4n) is 4.72. The summed E-state index contributed by atoms with van der Waals surface area (Å²) in [6, 6.07) is 13.0. The molecule has 8 nitrogen and oxygen atoms in total. The number of para-hydroxylation sites is 2. The first-order valence-corrected chi connectivity index (χ1v) is 10.9. The average Bonchev–Trinajstić information content (AvgIpc) is 3.48. The number of nitrogens with one attached hydrogen (secondary N) is 1. The average molecular weight is 419 g/mol. The molecule has 2 aliphatic heterocycles. The number of amides is 1. The summed E-state index contributed by atoms with van der Waals surface area (Å²) in [4.78, 5) is 36.1. The monoisotopic (exact) mass is 419 g/mol. The minimum atomic E-state index is -0.457. The molecule has 1 N–H and O–H groups in total. The van der Waals surface area contributed by atoms with Gasteiger partial charge in [0.2, 0.25) is 0 Å². The molecule has 31 heavy (non-hydrogen) atoms. The van der Waals surface area contributed by atoms with E-state index in [1.807, 2.05) is 24.3 Å². The Morgan fingerprint density at radius 2 is 1.81 bits per heavy atom. The SMILES string of the molecule is O=C(c1cc(N2CCC(c3nc4ccccc4[nH]3)CC2)ccc1[N+](=O)[O-])N1CCCC1. The predicted octanol–water partition coefficient (Wildman–Crippen LogP) is 4.09. The highest BCUT2D eigenvalue weighted by molar-refractivity contribution is 5.99. The van der Waals surface area contributed by atoms with Crippen molar-refractivity contribution in [3.05, 3.63) is 64.0 Å². The van der Waals surface area contributed by atoms with Crippen molar-refractivity contribution in [1.29, 1.82) is 0 Å². The number of piperidine rings is 1. The van der Waals surface area contributed by atoms with E-state index in [1.165, 1.54) is 6.07 Å². The van der Waals surface area contributed by atoms with Crippen LogP contribution in [0.25, 0.3) is 11.0 Å². The van der Waals surface area contributed by atoms with Crippen LogP contribution in [0, 0.1) is 10.1 Å². The topological polar surface area (TPSA) is 95.4 Å². The lowest BCUT2D eigenvalue weighted by Gasteiger charge is -2.33. The van der Waals surface area contributed by atoms with Crippen LogP contribution in [0.5, 0.6) is 0 Å². The van der Waals surface area contributed by atoms with Gasteiger partial charge in [-0.1, -0.05) is 12.1 Å². The van der Waals surface area contributed by atoms with Gasteiger partial charge in [0.1, 0.15) is 11.4 Å². The van der Waals surface area contributed by atoms with Crippen molar-refractivity contribution in [1.82, 2.24) is 14.9 Å². The number of hydrogen-bond donors (Lipinski definition) is 1. The smallest absolute Gasteiger partial charge is 0.282 e. The Morgan fingerprint density at radius 1 is 1.06 bits per heavy atom. The van der Waals surface area contributed by atoms with Crippen LogP contribution >= 0.6 is 0 Å². The number of H-pyrrole nitrogens is 1. The molecule has 5 rings (SSSR count). The van der Waals surface area contributed by atoms with Gasteiger partial charge in [0, 0.05) is 43.9 Å². The van der Waals surface area contributed by atoms with Crippen LogP contribution < -0.4 is 4.90 Å². The Balaban J connectivity index is 1.34. The quantitative estimate of drug-likeness (QED) is 0.508. The third kappa shape index (κ3) is 3.73. The van der Waals surface area contributed by atoms with E-state index in [4.69, 9.17) is 4.98 Å². The molecule has 1 amide bonds. The first-order chi connectivity index (χ1) is 15.1. The van der Waals surface area contributed by atoms with Crippen molar-refractivity contribution in [2.75, 3.05) is 31.1 Å². The van der Waals surface area contributed by atoms with Crippen LogP contribution in [0.4, 0.5) is 11.4 Å². The second kappa shape index (κ2) is 8.02. The summed E-state index contributed by atoms with van der Waals surface area (Å²) in [7, 11) is 0. The molecule has 0 saturated carbocycles. The molecule has 0 atom stereocenters. The molecule has 2 aromatic carbocycles. The molecule has 2 fully saturated rings. The van der Waals surface area contributed by atoms with Crippen molar-refractivity contribution in [2.45, 2.75) is 31.6 Å². The third-order valence-electron chi connectivity index (χ3n) is 6.46. The van der Waals surface area contributed by atoms with Gasteiger partial charge in [-0.3, -0.25) is 14.9 Å². The van der Waals surface area contributed by atoms with E-state index < -0.39 is 4.92 Å². The highest BCUT2D eigenvalue weighted by Crippen LogP contribution is 2.33. The Kier molecular flexibility index (Phi) is 5.05. The van der Waals surface area contributed by atoms with Crippen molar-refractivity contribution in [3.63, 3.8) is 0 Å². The molecule has 1 aromatic heterocycles. The molecule has 8 heteroatoms. The van der Waals surface area contributed by atoms with Gasteiger partial charge >= 0.3 is 0 Å². The Morgan fingerprint density at radius 3 is 2.52 bits per heavy atom. The summed E-state index contributed by atoms with van der Waals surface area (Å²) in [5, 5.41) is 11.5. The third-order valence-corrected chi connectivity index (χ3v) is 6.46. The van der Waals surface area contributed by atoms with Crippen LogP contribution in [0.1, 0.15) is 47.8 Å². The zero-order chi connectivity index (χ0) is 21.4. The van der Waals surface area contributed by atoms with Crippen LogP contribution in [0.3, 0.4) is 0 Å². The number of carbonyl (C=O) groups excluding carboxylic acids is 1. The van der Waals surface area contributed by atoms with Crippen LogP contribution in [-0.2, 0) is 0 Å². The number of imidazole rings is 1. The zero-order valence-corrected chi connectivity index (χ0v) is 17.3. The number of aromatic nitrogens is 2. The molecular weight excluding hydrogens is 394 g/mol. The van der Waals surface area contributed by atoms with Gasteiger partial charge in [0.15, 0.2) is 0 Å². The Bertz CT molecular complexity index is 1090. The maximum atomic E-state index is 12.9. The summed E-state index contributed by atoms with van der Waals surface area (Å²) < 4.78 is 0. The highest BCUT2D eigenvalue weighted by Gasteiger charge is 2.29. The summed E-state index contributed by atoms with van der Waals surface area (Å²) in [6.45, 7) is 2.97. The molecule has 2 aliphatic rings. The second-order valence-electron chi connectivity index (χ2n) is 8.36. The Hall–Kier alpha value is -3.42. The number of benzene rings is 2. The van der Waals surface area contributed by atoms with E-state index in [-0.39, 0.29) is 17.2 Å². The van der Waals surface area contributed by atoms with E-state index in [2.05, 4.69) is 9.88 Å². The first-order valence-electron chi connectivity index (χ1n) is 10.9. The van der Waals surface area contributed by atoms with Gasteiger partial charge in [0.05, 0.1) is 16.0 Å². The summed E-state index contributed by atoms with van der Waals surface area (Å²) in [5.41, 5.74) is 3.00. The molecule has 0 bridgehead atoms. The number of hydrogen-bond acceptors (Lipinski definition) is 5. The number of nitrogens with zero attached hydrogens (tertiary/aromatic N) is 4. The molecule has 2 saturated heterocycles. The predicted molar refractivity (Wildman–Crippen MR) is 119 cm³/mol. The minimum Gasteiger partial charge on any atom is -0.371 e. The first kappa shape index (κ1) is 19.5. The van der Waals surface area contributed by atoms with Gasteiger partial charge in [-0.15, -0.1) is 0 Å². The lowest BCUT2D eigenvalue weighted by atomic mass is 9.95. The Labute approximate surface area is 180 Å². The molecule has 0 spiro atoms. The fourth-order valence-corrected chi connectivity index (χ4v) is 4.72. The van der Waals surface area contributed by atoms with E-state index >= 15 is 0 Å². The van der Waals surface area contributed by atoms with Crippen molar-refractivity contribution in [2.24, 2.45) is 0 Å². The number of likely N-dealkylation sites (tertiary alicyclic amines) is 1. The lowest BCUT2D eigenvalue weighted by Crippen LogP contribution is -2.33. The van der Waals surface area contributed by atoms with Crippen molar-refractivity contribution < 1.29 is 9.72 Å². The largest absolute Gasteiger partial charge is 0.371 e. The van der Waals surface area contributed by atoms with E-state index in [9.17, 15) is 14.9 Å². The van der Waals surface area contributed by atoms with Gasteiger partial charge in [-0.05, 0) is 49.9 Å². The van der Waals surface area contributed by atoms with Crippen LogP contribution in [-0.4, -0.2) is 51.9 Å². The molecule has 0 unspecified atom stereocenters. The van der Waals surface area contributed by atoms with E-state index in [0.717, 1.165) is 61.3 Å². The van der Waals surface area contributed by atoms with E-state index in [0.29, 0.717) is 19.0 Å². The number of rotatable bonds is 4. The normalized spacial score (nSPS) is 17.4. The number of fused-ring (bicyclic) bond motifs is 1. The fraction of sp³-hybridized carbons (Fsp3) is 0.391. The van der Waals surface area contributed by atoms with Gasteiger partial charge in [-0.25, -0.2) is 4.98 Å². The van der Waals surface area contributed by atoms with Gasteiger partial charge in [0.25, 0.3) is 11.6 Å².